The first-order valence-corrected chi connectivity index (χ1v) is 19.7. The summed E-state index contributed by atoms with van der Waals surface area (Å²) >= 11 is 6.64. The highest BCUT2D eigenvalue weighted by atomic mass is 35.5. The molecule has 0 saturated heterocycles. The highest BCUT2D eigenvalue weighted by Gasteiger charge is 2.21. The normalized spacial score (nSPS) is 12.0. The van der Waals surface area contributed by atoms with Crippen molar-refractivity contribution in [1.82, 2.24) is 25.3 Å². The molecular formula is C41H52ClF2N7O9. The predicted molar refractivity (Wildman–Crippen MR) is 218 cm³/mol. The van der Waals surface area contributed by atoms with Crippen LogP contribution in [-0.2, 0) is 33.2 Å². The molecule has 0 unspecified atom stereocenters. The largest absolute Gasteiger partial charge is 0.461 e. The third-order valence-corrected chi connectivity index (χ3v) is 8.57. The van der Waals surface area contributed by atoms with Gasteiger partial charge in [0.1, 0.15) is 29.2 Å². The van der Waals surface area contributed by atoms with E-state index in [9.17, 15) is 14.4 Å². The van der Waals surface area contributed by atoms with E-state index in [4.69, 9.17) is 49.5 Å². The number of carbonyl (C=O) groups excluding carboxylic acids is 1. The molecule has 0 saturated carbocycles. The van der Waals surface area contributed by atoms with Crippen LogP contribution in [0.4, 0.5) is 19.3 Å². The zero-order valence-electron chi connectivity index (χ0n) is 34.5. The molecule has 60 heavy (non-hydrogen) atoms. The van der Waals surface area contributed by atoms with Crippen molar-refractivity contribution in [1.29, 1.82) is 5.26 Å². The summed E-state index contributed by atoms with van der Waals surface area (Å²) in [5, 5.41) is 15.3. The molecule has 4 rings (SSSR count). The number of rotatable bonds is 26. The lowest BCUT2D eigenvalue weighted by Crippen LogP contribution is -2.34. The first-order chi connectivity index (χ1) is 28.9. The molecule has 1 atom stereocenters. The molecule has 0 aliphatic heterocycles. The van der Waals surface area contributed by atoms with Gasteiger partial charge in [-0.3, -0.25) is 0 Å². The van der Waals surface area contributed by atoms with Crippen LogP contribution >= 0.6 is 11.6 Å². The van der Waals surface area contributed by atoms with E-state index in [0.29, 0.717) is 96.2 Å². The van der Waals surface area contributed by atoms with Gasteiger partial charge >= 0.3 is 12.1 Å². The third-order valence-electron chi connectivity index (χ3n) is 8.11. The molecule has 3 heterocycles. The summed E-state index contributed by atoms with van der Waals surface area (Å²) in [4.78, 5) is 28.8. The molecule has 19 heteroatoms. The van der Waals surface area contributed by atoms with E-state index >= 15 is 4.39 Å². The Kier molecular flexibility index (Phi) is 19.9. The van der Waals surface area contributed by atoms with Crippen LogP contribution in [0.1, 0.15) is 50.6 Å². The second-order valence-corrected chi connectivity index (χ2v) is 14.4. The Morgan fingerprint density at radius 3 is 1.92 bits per heavy atom. The average Bonchev–Trinajstić information content (AvgIpc) is 3.21. The third kappa shape index (κ3) is 16.3. The van der Waals surface area contributed by atoms with Crippen molar-refractivity contribution in [3.8, 4) is 23.3 Å². The maximum Gasteiger partial charge on any atom is 0.407 e. The molecule has 0 aliphatic rings. The molecule has 0 aliphatic carbocycles. The fourth-order valence-electron chi connectivity index (χ4n) is 5.28. The number of halogens is 3. The minimum absolute atomic E-state index is 0.0456. The number of fused-ring (bicyclic) bond motifs is 1. The monoisotopic (exact) mass is 859 g/mol. The van der Waals surface area contributed by atoms with Gasteiger partial charge in [0, 0.05) is 36.1 Å². The Labute approximate surface area is 353 Å². The Hall–Kier alpha value is -4.87. The number of pyridine rings is 2. The number of ether oxygens (including phenoxy) is 8. The Balaban J connectivity index is 1.05. The Bertz CT molecular complexity index is 2000. The molecule has 2 N–H and O–H groups in total. The summed E-state index contributed by atoms with van der Waals surface area (Å²) in [5.74, 6) is -1.15. The van der Waals surface area contributed by atoms with Crippen molar-refractivity contribution >= 4 is 34.4 Å². The number of hydrogen-bond acceptors (Lipinski definition) is 15. The minimum Gasteiger partial charge on any atom is -0.461 e. The van der Waals surface area contributed by atoms with Crippen molar-refractivity contribution in [3.05, 3.63) is 70.1 Å². The molecule has 1 aromatic carbocycles. The van der Waals surface area contributed by atoms with Crippen LogP contribution in [-0.4, -0.2) is 124 Å². The average molecular weight is 860 g/mol. The van der Waals surface area contributed by atoms with Gasteiger partial charge in [-0.2, -0.15) is 5.26 Å². The van der Waals surface area contributed by atoms with Gasteiger partial charge in [-0.15, -0.1) is 0 Å². The number of aromatic nitrogens is 4. The summed E-state index contributed by atoms with van der Waals surface area (Å²) in [6.45, 7) is 14.0. The highest BCUT2D eigenvalue weighted by molar-refractivity contribution is 6.35. The summed E-state index contributed by atoms with van der Waals surface area (Å²) in [7, 11) is 0. The number of amides is 1. The van der Waals surface area contributed by atoms with E-state index in [2.05, 4.69) is 30.6 Å². The molecule has 4 aromatic rings. The van der Waals surface area contributed by atoms with Gasteiger partial charge in [-0.25, -0.2) is 33.5 Å². The maximum absolute atomic E-state index is 15.4. The smallest absolute Gasteiger partial charge is 0.407 e. The first kappa shape index (κ1) is 47.8. The van der Waals surface area contributed by atoms with Crippen LogP contribution < -0.4 is 15.4 Å². The number of benzene rings is 1. The van der Waals surface area contributed by atoms with Crippen LogP contribution in [0, 0.1) is 29.9 Å². The van der Waals surface area contributed by atoms with Gasteiger partial charge in [0.25, 0.3) is 0 Å². The summed E-state index contributed by atoms with van der Waals surface area (Å²) in [5.41, 5.74) is 1.50. The van der Waals surface area contributed by atoms with Gasteiger partial charge in [0.15, 0.2) is 5.82 Å². The molecule has 3 aromatic heterocycles. The Morgan fingerprint density at radius 2 is 1.37 bits per heavy atom. The summed E-state index contributed by atoms with van der Waals surface area (Å²) < 4.78 is 73.6. The number of anilines is 1. The number of aryl methyl sites for hydroxylation is 1. The van der Waals surface area contributed by atoms with Crippen LogP contribution in [0.5, 0.6) is 6.01 Å². The number of carbonyl (C=O) groups is 1. The van der Waals surface area contributed by atoms with Crippen molar-refractivity contribution in [3.63, 3.8) is 0 Å². The second kappa shape index (κ2) is 25.0. The van der Waals surface area contributed by atoms with E-state index in [1.807, 2.05) is 6.07 Å². The van der Waals surface area contributed by atoms with Gasteiger partial charge in [-0.1, -0.05) is 11.6 Å². The predicted octanol–water partition coefficient (Wildman–Crippen LogP) is 6.37. The van der Waals surface area contributed by atoms with Crippen LogP contribution in [0.3, 0.4) is 0 Å². The quantitative estimate of drug-likeness (QED) is 0.0662. The molecule has 0 bridgehead atoms. The fraction of sp³-hybridized carbons (Fsp3) is 0.512. The highest BCUT2D eigenvalue weighted by Crippen LogP contribution is 2.36. The van der Waals surface area contributed by atoms with Crippen LogP contribution in [0.25, 0.3) is 22.3 Å². The van der Waals surface area contributed by atoms with Crippen molar-refractivity contribution in [2.75, 3.05) is 97.8 Å². The van der Waals surface area contributed by atoms with Gasteiger partial charge in [0.05, 0.1) is 119 Å². The lowest BCUT2D eigenvalue weighted by atomic mass is 10.0. The fourth-order valence-corrected chi connectivity index (χ4v) is 5.47. The number of alkyl carbamates (subject to hydrolysis) is 1. The van der Waals surface area contributed by atoms with E-state index in [1.165, 1.54) is 36.7 Å². The van der Waals surface area contributed by atoms with E-state index < -0.39 is 29.4 Å². The maximum atomic E-state index is 15.4. The number of nitrogens with one attached hydrogen (secondary N) is 2. The van der Waals surface area contributed by atoms with E-state index in [0.717, 1.165) is 0 Å². The minimum atomic E-state index is -0.654. The van der Waals surface area contributed by atoms with Crippen LogP contribution in [0.15, 0.2) is 36.7 Å². The SMILES string of the molecule is Cc1nc2cc(F)c(-c3cnc(OCCOCCOCCOCCOCCOCCOCCNC(=O)OC(C)(C)C)nc3)nc2c(N[C@H](C)c2cc(C#N)ccc2F)c1Cl. The molecule has 16 nitrogen and oxygen atoms in total. The van der Waals surface area contributed by atoms with Crippen molar-refractivity contribution in [2.24, 2.45) is 0 Å². The van der Waals surface area contributed by atoms with Gasteiger partial charge in [0.2, 0.25) is 0 Å². The Morgan fingerprint density at radius 1 is 0.817 bits per heavy atom. The summed E-state index contributed by atoms with van der Waals surface area (Å²) in [6.07, 6.45) is 2.30. The molecule has 0 fully saturated rings. The number of nitrogens with zero attached hydrogens (tertiary/aromatic N) is 5. The summed E-state index contributed by atoms with van der Waals surface area (Å²) in [6, 6.07) is 6.76. The van der Waals surface area contributed by atoms with Crippen molar-refractivity contribution < 1.29 is 51.5 Å². The van der Waals surface area contributed by atoms with Gasteiger partial charge < -0.3 is 48.5 Å². The topological polar surface area (TPSA) is 190 Å². The molecule has 326 valence electrons. The van der Waals surface area contributed by atoms with E-state index in [1.54, 1.807) is 34.6 Å². The van der Waals surface area contributed by atoms with Gasteiger partial charge in [-0.05, 0) is 52.8 Å². The zero-order valence-corrected chi connectivity index (χ0v) is 35.2. The molecule has 0 radical (unpaired) electrons. The van der Waals surface area contributed by atoms with Crippen LogP contribution in [0.2, 0.25) is 5.02 Å². The molecular weight excluding hydrogens is 808 g/mol. The van der Waals surface area contributed by atoms with Crippen molar-refractivity contribution in [2.45, 2.75) is 46.3 Å². The standard InChI is InChI=1S/C41H52ClF2N7O9/c1-27(31-22-29(24-45)6-7-32(31)43)50-38-35(42)28(2)49-34-23-33(44)36(51-37(34)38)30-25-47-39(48-26-30)59-21-20-58-19-18-57-17-16-56-15-14-55-13-12-54-11-10-53-9-8-46-40(52)60-41(3,4)5/h6-7,22-23,25-27H,8-21H2,1-5H3,(H,46,52)(H,49,50)/t27-/m1/s1. The lowest BCUT2D eigenvalue weighted by molar-refractivity contribution is -0.0178. The molecule has 0 spiro atoms. The first-order valence-electron chi connectivity index (χ1n) is 19.4. The second-order valence-electron chi connectivity index (χ2n) is 14.0. The van der Waals surface area contributed by atoms with E-state index in [-0.39, 0.29) is 52.1 Å². The number of nitriles is 1. The lowest BCUT2D eigenvalue weighted by Gasteiger charge is -2.20. The molecule has 1 amide bonds. The number of hydrogen-bond donors (Lipinski definition) is 2. The zero-order chi connectivity index (χ0) is 43.3.